The summed E-state index contributed by atoms with van der Waals surface area (Å²) in [5.74, 6) is 4.96. The first-order chi connectivity index (χ1) is 11.2. The van der Waals surface area contributed by atoms with Gasteiger partial charge in [0, 0.05) is 29.3 Å². The molecule has 1 amide bonds. The summed E-state index contributed by atoms with van der Waals surface area (Å²) >= 11 is 1.71. The van der Waals surface area contributed by atoms with E-state index in [1.54, 1.807) is 23.4 Å². The molecule has 0 saturated carbocycles. The number of ether oxygens (including phenoxy) is 1. The van der Waals surface area contributed by atoms with Gasteiger partial charge in [0.1, 0.15) is 6.61 Å². The van der Waals surface area contributed by atoms with E-state index in [2.05, 4.69) is 33.7 Å². The topological polar surface area (TPSA) is 102 Å². The molecular formula is C15H21N5O2S. The van der Waals surface area contributed by atoms with Crippen molar-refractivity contribution in [2.45, 2.75) is 18.4 Å². The van der Waals surface area contributed by atoms with Crippen molar-refractivity contribution in [2.75, 3.05) is 18.6 Å². The lowest BCUT2D eigenvalue weighted by Crippen LogP contribution is -2.18. The summed E-state index contributed by atoms with van der Waals surface area (Å²) in [7, 11) is 1.91. The van der Waals surface area contributed by atoms with Crippen LogP contribution in [-0.2, 0) is 11.4 Å². The molecule has 0 aliphatic heterocycles. The van der Waals surface area contributed by atoms with Crippen molar-refractivity contribution in [3.63, 3.8) is 0 Å². The lowest BCUT2D eigenvalue weighted by atomic mass is 10.2. The molecule has 0 fully saturated rings. The number of aromatic nitrogens is 2. The number of hydrogen-bond acceptors (Lipinski definition) is 7. The highest BCUT2D eigenvalue weighted by atomic mass is 32.2. The van der Waals surface area contributed by atoms with Crippen LogP contribution in [0.1, 0.15) is 11.1 Å². The van der Waals surface area contributed by atoms with Gasteiger partial charge in [0.05, 0.1) is 6.20 Å². The molecule has 2 rings (SSSR count). The third kappa shape index (κ3) is 6.13. The van der Waals surface area contributed by atoms with Crippen molar-refractivity contribution >= 4 is 23.9 Å². The summed E-state index contributed by atoms with van der Waals surface area (Å²) in [5, 5.41) is 11.0. The molecule has 0 aliphatic carbocycles. The van der Waals surface area contributed by atoms with Crippen LogP contribution in [0.5, 0.6) is 5.88 Å². The molecule has 1 aromatic carbocycles. The highest BCUT2D eigenvalue weighted by Crippen LogP contribution is 2.27. The first kappa shape index (κ1) is 18.7. The Bertz CT molecular complexity index is 602. The molecule has 124 valence electrons. The van der Waals surface area contributed by atoms with Crippen LogP contribution in [0.2, 0.25) is 0 Å². The van der Waals surface area contributed by atoms with Gasteiger partial charge in [-0.2, -0.15) is 5.10 Å². The minimum absolute atomic E-state index is 0.403. The van der Waals surface area contributed by atoms with Crippen molar-refractivity contribution in [1.82, 2.24) is 15.6 Å². The number of rotatable bonds is 6. The number of carbonyl (C=O) groups is 1. The molecule has 1 heterocycles. The molecule has 2 aromatic rings. The molecule has 1 aromatic heterocycles. The SMILES string of the molecule is CNc1cccc(SC)c1COc1cc(C)cnn1.NNC=O. The van der Waals surface area contributed by atoms with Crippen molar-refractivity contribution in [3.05, 3.63) is 41.6 Å². The third-order valence-electron chi connectivity index (χ3n) is 2.82. The first-order valence-electron chi connectivity index (χ1n) is 6.81. The molecule has 0 bridgehead atoms. The van der Waals surface area contributed by atoms with Gasteiger partial charge in [0.15, 0.2) is 0 Å². The van der Waals surface area contributed by atoms with Crippen molar-refractivity contribution < 1.29 is 9.53 Å². The molecule has 0 saturated heterocycles. The highest BCUT2D eigenvalue weighted by molar-refractivity contribution is 7.98. The minimum atomic E-state index is 0.403. The fourth-order valence-electron chi connectivity index (χ4n) is 1.79. The Balaban J connectivity index is 0.000000593. The Morgan fingerprint density at radius 1 is 1.43 bits per heavy atom. The number of carbonyl (C=O) groups excluding carboxylic acids is 1. The van der Waals surface area contributed by atoms with Gasteiger partial charge in [0.2, 0.25) is 12.3 Å². The molecule has 0 atom stereocenters. The number of nitrogens with zero attached hydrogens (tertiary/aromatic N) is 2. The Morgan fingerprint density at radius 3 is 2.74 bits per heavy atom. The summed E-state index contributed by atoms with van der Waals surface area (Å²) in [6.07, 6.45) is 4.17. The number of hydrazine groups is 1. The normalized spacial score (nSPS) is 9.39. The molecule has 0 radical (unpaired) electrons. The molecule has 0 spiro atoms. The van der Waals surface area contributed by atoms with Gasteiger partial charge in [-0.3, -0.25) is 10.2 Å². The molecule has 4 N–H and O–H groups in total. The summed E-state index contributed by atoms with van der Waals surface area (Å²) in [6, 6.07) is 8.05. The number of thioether (sulfide) groups is 1. The Morgan fingerprint density at radius 2 is 2.17 bits per heavy atom. The van der Waals surface area contributed by atoms with E-state index < -0.39 is 0 Å². The Labute approximate surface area is 140 Å². The van der Waals surface area contributed by atoms with E-state index in [0.717, 1.165) is 16.8 Å². The second kappa shape index (κ2) is 10.4. The van der Waals surface area contributed by atoms with E-state index in [0.29, 0.717) is 18.9 Å². The maximum atomic E-state index is 8.94. The standard InChI is InChI=1S/C14H17N3OS.CH4N2O/c1-10-7-14(17-16-8-10)18-9-11-12(15-2)5-4-6-13(11)19-3;2-3-1-4/h4-8,15H,9H2,1-3H3;1H,2H2,(H,3,4). The quantitative estimate of drug-likeness (QED) is 0.243. The van der Waals surface area contributed by atoms with Crippen LogP contribution in [0.3, 0.4) is 0 Å². The summed E-state index contributed by atoms with van der Waals surface area (Å²) < 4.78 is 5.73. The minimum Gasteiger partial charge on any atom is -0.472 e. The smallest absolute Gasteiger partial charge is 0.233 e. The molecule has 8 heteroatoms. The van der Waals surface area contributed by atoms with Crippen LogP contribution in [-0.4, -0.2) is 29.9 Å². The maximum Gasteiger partial charge on any atom is 0.233 e. The van der Waals surface area contributed by atoms with E-state index in [9.17, 15) is 0 Å². The highest BCUT2D eigenvalue weighted by Gasteiger charge is 2.08. The monoisotopic (exact) mass is 335 g/mol. The Hall–Kier alpha value is -2.32. The number of aryl methyl sites for hydroxylation is 1. The fraction of sp³-hybridized carbons (Fsp3) is 0.267. The summed E-state index contributed by atoms with van der Waals surface area (Å²) in [5.41, 5.74) is 5.00. The Kier molecular flexibility index (Phi) is 8.48. The second-order valence-electron chi connectivity index (χ2n) is 4.38. The third-order valence-corrected chi connectivity index (χ3v) is 3.65. The predicted octanol–water partition coefficient (Wildman–Crippen LogP) is 1.73. The van der Waals surface area contributed by atoms with Crippen LogP contribution in [0.4, 0.5) is 5.69 Å². The molecule has 23 heavy (non-hydrogen) atoms. The number of nitrogens with one attached hydrogen (secondary N) is 2. The number of benzene rings is 1. The zero-order valence-corrected chi connectivity index (χ0v) is 14.2. The largest absolute Gasteiger partial charge is 0.472 e. The molecule has 0 unspecified atom stereocenters. The van der Waals surface area contributed by atoms with Gasteiger partial charge >= 0.3 is 0 Å². The van der Waals surface area contributed by atoms with Crippen molar-refractivity contribution in [2.24, 2.45) is 5.84 Å². The molecular weight excluding hydrogens is 314 g/mol. The van der Waals surface area contributed by atoms with E-state index >= 15 is 0 Å². The van der Waals surface area contributed by atoms with Crippen LogP contribution in [0.15, 0.2) is 35.4 Å². The fourth-order valence-corrected chi connectivity index (χ4v) is 2.42. The van der Waals surface area contributed by atoms with Crippen molar-refractivity contribution in [1.29, 1.82) is 0 Å². The van der Waals surface area contributed by atoms with E-state index in [-0.39, 0.29) is 0 Å². The number of amides is 1. The number of nitrogens with two attached hydrogens (primary N) is 1. The zero-order chi connectivity index (χ0) is 17.1. The summed E-state index contributed by atoms with van der Waals surface area (Å²) in [6.45, 7) is 2.45. The van der Waals surface area contributed by atoms with E-state index in [1.807, 2.05) is 32.2 Å². The zero-order valence-electron chi connectivity index (χ0n) is 13.4. The maximum absolute atomic E-state index is 8.94. The summed E-state index contributed by atoms with van der Waals surface area (Å²) in [4.78, 5) is 10.1. The lowest BCUT2D eigenvalue weighted by Gasteiger charge is -2.13. The second-order valence-corrected chi connectivity index (χ2v) is 5.23. The van der Waals surface area contributed by atoms with Gasteiger partial charge in [-0.1, -0.05) is 6.07 Å². The number of anilines is 1. The van der Waals surface area contributed by atoms with Crippen LogP contribution in [0, 0.1) is 6.92 Å². The predicted molar refractivity (Wildman–Crippen MR) is 92.3 cm³/mol. The van der Waals surface area contributed by atoms with Gasteiger partial charge in [0.25, 0.3) is 0 Å². The van der Waals surface area contributed by atoms with Gasteiger partial charge < -0.3 is 10.1 Å². The van der Waals surface area contributed by atoms with Gasteiger partial charge in [-0.05, 0) is 30.9 Å². The van der Waals surface area contributed by atoms with Crippen LogP contribution < -0.4 is 21.3 Å². The average Bonchev–Trinajstić information content (AvgIpc) is 2.59. The average molecular weight is 335 g/mol. The van der Waals surface area contributed by atoms with Crippen molar-refractivity contribution in [3.8, 4) is 5.88 Å². The van der Waals surface area contributed by atoms with E-state index in [1.165, 1.54) is 4.90 Å². The van der Waals surface area contributed by atoms with Crippen LogP contribution >= 0.6 is 11.8 Å². The number of hydrogen-bond donors (Lipinski definition) is 3. The van der Waals surface area contributed by atoms with E-state index in [4.69, 9.17) is 9.53 Å². The molecule has 0 aliphatic rings. The van der Waals surface area contributed by atoms with Gasteiger partial charge in [-0.25, -0.2) is 5.84 Å². The lowest BCUT2D eigenvalue weighted by molar-refractivity contribution is -0.109. The van der Waals surface area contributed by atoms with Gasteiger partial charge in [-0.15, -0.1) is 16.9 Å². The first-order valence-corrected chi connectivity index (χ1v) is 8.04. The van der Waals surface area contributed by atoms with Crippen LogP contribution in [0.25, 0.3) is 0 Å². The molecule has 7 nitrogen and oxygen atoms in total.